The summed E-state index contributed by atoms with van der Waals surface area (Å²) in [5.74, 6) is -2.35. The highest BCUT2D eigenvalue weighted by atomic mass is 16.5. The van der Waals surface area contributed by atoms with Crippen molar-refractivity contribution in [3.63, 3.8) is 0 Å². The van der Waals surface area contributed by atoms with Gasteiger partial charge in [0.15, 0.2) is 6.61 Å². The van der Waals surface area contributed by atoms with Crippen LogP contribution in [0.25, 0.3) is 5.57 Å². The molecule has 0 saturated carbocycles. The Morgan fingerprint density at radius 3 is 2.46 bits per heavy atom. The number of rotatable bonds is 9. The molecule has 0 radical (unpaired) electrons. The summed E-state index contributed by atoms with van der Waals surface area (Å²) in [6.07, 6.45) is 3.86. The molecule has 1 saturated heterocycles. The molecule has 0 unspecified atom stereocenters. The fourth-order valence-corrected chi connectivity index (χ4v) is 3.93. The van der Waals surface area contributed by atoms with E-state index in [4.69, 9.17) is 15.6 Å². The standard InChI is InChI=1S/C24H29N5O6/c1-15-12-26-24(25)27-22(15)35-14-20(30)28(2)18-7-9-29(10-8-18)13-16-3-5-17(6-4-16)19(23(33)34)11-21(31)32/h3-6,11-12,18H,7-10,13-14H2,1-2H3,(H,31,32)(H,33,34)(H2,25,26,27)/b19-11-. The van der Waals surface area contributed by atoms with Crippen LogP contribution in [0.2, 0.25) is 0 Å². The van der Waals surface area contributed by atoms with Gasteiger partial charge >= 0.3 is 11.9 Å². The smallest absolute Gasteiger partial charge is 0.336 e. The van der Waals surface area contributed by atoms with E-state index in [0.717, 1.165) is 31.5 Å². The molecular formula is C24H29N5O6. The monoisotopic (exact) mass is 483 g/mol. The van der Waals surface area contributed by atoms with Crippen molar-refractivity contribution in [3.8, 4) is 5.88 Å². The zero-order valence-corrected chi connectivity index (χ0v) is 19.7. The Morgan fingerprint density at radius 1 is 1.20 bits per heavy atom. The average Bonchev–Trinajstić information content (AvgIpc) is 2.83. The fraction of sp³-hybridized carbons (Fsp3) is 0.375. The first-order valence-electron chi connectivity index (χ1n) is 11.1. The summed E-state index contributed by atoms with van der Waals surface area (Å²) in [5, 5.41) is 18.1. The molecule has 4 N–H and O–H groups in total. The number of carbonyl (C=O) groups excluding carboxylic acids is 1. The number of aromatic nitrogens is 2. The summed E-state index contributed by atoms with van der Waals surface area (Å²) in [5.41, 5.74) is 7.34. The summed E-state index contributed by atoms with van der Waals surface area (Å²) < 4.78 is 5.55. The predicted octanol–water partition coefficient (Wildman–Crippen LogP) is 1.42. The van der Waals surface area contributed by atoms with Crippen LogP contribution in [0.1, 0.15) is 29.5 Å². The minimum Gasteiger partial charge on any atom is -0.478 e. The lowest BCUT2D eigenvalue weighted by Gasteiger charge is -2.36. The Hall–Kier alpha value is -3.99. The third-order valence-corrected chi connectivity index (χ3v) is 5.94. The maximum Gasteiger partial charge on any atom is 0.336 e. The highest BCUT2D eigenvalue weighted by Crippen LogP contribution is 2.21. The highest BCUT2D eigenvalue weighted by molar-refractivity contribution is 6.19. The third-order valence-electron chi connectivity index (χ3n) is 5.94. The molecule has 0 atom stereocenters. The number of amides is 1. The maximum absolute atomic E-state index is 12.6. The number of nitrogens with two attached hydrogens (primary N) is 1. The number of hydrogen-bond donors (Lipinski definition) is 3. The minimum absolute atomic E-state index is 0.0902. The van der Waals surface area contributed by atoms with E-state index < -0.39 is 11.9 Å². The molecule has 1 amide bonds. The molecular weight excluding hydrogens is 454 g/mol. The first-order chi connectivity index (χ1) is 16.6. The Morgan fingerprint density at radius 2 is 1.86 bits per heavy atom. The second-order valence-corrected chi connectivity index (χ2v) is 8.42. The van der Waals surface area contributed by atoms with E-state index in [-0.39, 0.29) is 30.1 Å². The first kappa shape index (κ1) is 25.6. The number of carboxylic acid groups (broad SMARTS) is 2. The van der Waals surface area contributed by atoms with Gasteiger partial charge in [0, 0.05) is 50.6 Å². The van der Waals surface area contributed by atoms with Crippen LogP contribution < -0.4 is 10.5 Å². The van der Waals surface area contributed by atoms with Gasteiger partial charge in [-0.15, -0.1) is 0 Å². The number of carboxylic acids is 2. The van der Waals surface area contributed by atoms with Crippen LogP contribution in [0.5, 0.6) is 5.88 Å². The lowest BCUT2D eigenvalue weighted by Crippen LogP contribution is -2.46. The zero-order chi connectivity index (χ0) is 25.5. The lowest BCUT2D eigenvalue weighted by atomic mass is 10.0. The molecule has 0 spiro atoms. The van der Waals surface area contributed by atoms with Gasteiger partial charge in [-0.25, -0.2) is 14.6 Å². The van der Waals surface area contributed by atoms with E-state index in [1.165, 1.54) is 0 Å². The van der Waals surface area contributed by atoms with Crippen LogP contribution in [0.4, 0.5) is 5.95 Å². The zero-order valence-electron chi connectivity index (χ0n) is 19.7. The lowest BCUT2D eigenvalue weighted by molar-refractivity contribution is -0.135. The van der Waals surface area contributed by atoms with Gasteiger partial charge in [-0.1, -0.05) is 24.3 Å². The number of benzene rings is 1. The van der Waals surface area contributed by atoms with Gasteiger partial charge in [-0.05, 0) is 30.9 Å². The topological polar surface area (TPSA) is 159 Å². The number of likely N-dealkylation sites (tertiary alicyclic amines) is 1. The summed E-state index contributed by atoms with van der Waals surface area (Å²) in [4.78, 5) is 46.7. The van der Waals surface area contributed by atoms with E-state index in [0.29, 0.717) is 29.6 Å². The van der Waals surface area contributed by atoms with Crippen LogP contribution in [0, 0.1) is 6.92 Å². The number of nitrogens with zero attached hydrogens (tertiary/aromatic N) is 4. The van der Waals surface area contributed by atoms with E-state index >= 15 is 0 Å². The summed E-state index contributed by atoms with van der Waals surface area (Å²) >= 11 is 0. The second-order valence-electron chi connectivity index (χ2n) is 8.42. The van der Waals surface area contributed by atoms with E-state index in [1.54, 1.807) is 49.3 Å². The van der Waals surface area contributed by atoms with E-state index in [9.17, 15) is 19.5 Å². The predicted molar refractivity (Wildman–Crippen MR) is 127 cm³/mol. The first-order valence-corrected chi connectivity index (χ1v) is 11.1. The molecule has 1 aromatic heterocycles. The van der Waals surface area contributed by atoms with Gasteiger partial charge in [0.2, 0.25) is 11.8 Å². The molecule has 1 aromatic carbocycles. The van der Waals surface area contributed by atoms with Crippen LogP contribution in [-0.2, 0) is 20.9 Å². The van der Waals surface area contributed by atoms with E-state index in [1.807, 2.05) is 0 Å². The molecule has 1 fully saturated rings. The third kappa shape index (κ3) is 7.00. The maximum atomic E-state index is 12.6. The van der Waals surface area contributed by atoms with Gasteiger partial charge in [-0.3, -0.25) is 9.69 Å². The molecule has 186 valence electrons. The normalized spacial score (nSPS) is 15.0. The molecule has 1 aliphatic heterocycles. The van der Waals surface area contributed by atoms with Crippen molar-refractivity contribution in [2.24, 2.45) is 0 Å². The largest absolute Gasteiger partial charge is 0.478 e. The summed E-state index contributed by atoms with van der Waals surface area (Å²) in [6.45, 7) is 3.92. The molecule has 2 heterocycles. The van der Waals surface area contributed by atoms with Gasteiger partial charge in [0.25, 0.3) is 5.91 Å². The van der Waals surface area contributed by atoms with Gasteiger partial charge in [0.05, 0.1) is 5.57 Å². The van der Waals surface area contributed by atoms with Crippen molar-refractivity contribution in [2.45, 2.75) is 32.4 Å². The molecule has 35 heavy (non-hydrogen) atoms. The fourth-order valence-electron chi connectivity index (χ4n) is 3.93. The Kier molecular flexibility index (Phi) is 8.37. The molecule has 3 rings (SSSR count). The number of piperidine rings is 1. The highest BCUT2D eigenvalue weighted by Gasteiger charge is 2.26. The van der Waals surface area contributed by atoms with Crippen molar-refractivity contribution >= 4 is 29.4 Å². The van der Waals surface area contributed by atoms with E-state index in [2.05, 4.69) is 14.9 Å². The molecule has 0 bridgehead atoms. The number of ether oxygens (including phenoxy) is 1. The van der Waals surface area contributed by atoms with Crippen molar-refractivity contribution in [2.75, 3.05) is 32.5 Å². The number of aryl methyl sites for hydroxylation is 1. The Bertz CT molecular complexity index is 1110. The Labute approximate surface area is 202 Å². The minimum atomic E-state index is -1.31. The molecule has 0 aliphatic carbocycles. The second kappa shape index (κ2) is 11.4. The van der Waals surface area contributed by atoms with Crippen molar-refractivity contribution in [3.05, 3.63) is 53.2 Å². The van der Waals surface area contributed by atoms with Crippen LogP contribution in [0.3, 0.4) is 0 Å². The number of anilines is 1. The van der Waals surface area contributed by atoms with Gasteiger partial charge in [-0.2, -0.15) is 4.98 Å². The molecule has 1 aliphatic rings. The quantitative estimate of drug-likeness (QED) is 0.445. The molecule has 11 heteroatoms. The van der Waals surface area contributed by atoms with Gasteiger partial charge < -0.3 is 25.6 Å². The van der Waals surface area contributed by atoms with Crippen LogP contribution in [0.15, 0.2) is 36.5 Å². The Balaban J connectivity index is 1.49. The molecule has 11 nitrogen and oxygen atoms in total. The van der Waals surface area contributed by atoms with Gasteiger partial charge in [0.1, 0.15) is 0 Å². The number of likely N-dealkylation sites (N-methyl/N-ethyl adjacent to an activating group) is 1. The van der Waals surface area contributed by atoms with Crippen LogP contribution in [-0.4, -0.2) is 80.6 Å². The van der Waals surface area contributed by atoms with Crippen molar-refractivity contribution in [1.82, 2.24) is 19.8 Å². The van der Waals surface area contributed by atoms with Crippen molar-refractivity contribution in [1.29, 1.82) is 0 Å². The number of nitrogen functional groups attached to an aromatic ring is 1. The SMILES string of the molecule is Cc1cnc(N)nc1OCC(=O)N(C)C1CCN(Cc2ccc(/C(=C/C(=O)O)C(=O)O)cc2)CC1. The average molecular weight is 484 g/mol. The van der Waals surface area contributed by atoms with Crippen LogP contribution >= 0.6 is 0 Å². The van der Waals surface area contributed by atoms with Crippen molar-refractivity contribution < 1.29 is 29.3 Å². The number of carbonyl (C=O) groups is 3. The molecule has 2 aromatic rings. The summed E-state index contributed by atoms with van der Waals surface area (Å²) in [7, 11) is 1.77. The number of hydrogen-bond acceptors (Lipinski definition) is 8. The number of aliphatic carboxylic acids is 2. The summed E-state index contributed by atoms with van der Waals surface area (Å²) in [6, 6.07) is 6.93.